The molecule has 0 aromatic carbocycles. The number of hydrogen-bond acceptors (Lipinski definition) is 3. The second kappa shape index (κ2) is 3.65. The highest BCUT2D eigenvalue weighted by molar-refractivity contribution is 8.04. The lowest BCUT2D eigenvalue weighted by molar-refractivity contribution is -0.113. The van der Waals surface area contributed by atoms with Crippen LogP contribution < -0.4 is 5.32 Å². The highest BCUT2D eigenvalue weighted by Crippen LogP contribution is 2.34. The fourth-order valence-corrected chi connectivity index (χ4v) is 2.87. The molecule has 0 aromatic rings. The molecule has 0 unspecified atom stereocenters. The molecule has 0 amide bonds. The summed E-state index contributed by atoms with van der Waals surface area (Å²) in [7, 11) is 0. The molecular formula is C11H13NOS. The highest BCUT2D eigenvalue weighted by Gasteiger charge is 2.27. The highest BCUT2D eigenvalue weighted by atomic mass is 32.2. The number of nitrogens with one attached hydrogen (secondary N) is 1. The number of fused-ring (bicyclic) bond motifs is 1. The third-order valence-electron chi connectivity index (χ3n) is 2.38. The van der Waals surface area contributed by atoms with Crippen LogP contribution in [0.5, 0.6) is 0 Å². The monoisotopic (exact) mass is 207 g/mol. The van der Waals surface area contributed by atoms with Gasteiger partial charge in [0.1, 0.15) is 0 Å². The maximum atomic E-state index is 11.3. The number of hydrogen-bond donors (Lipinski definition) is 1. The third-order valence-corrected chi connectivity index (χ3v) is 3.93. The molecule has 1 aliphatic heterocycles. The molecule has 0 saturated carbocycles. The van der Waals surface area contributed by atoms with Crippen molar-refractivity contribution in [3.8, 4) is 0 Å². The van der Waals surface area contributed by atoms with Crippen molar-refractivity contribution >= 4 is 17.5 Å². The maximum Gasteiger partial charge on any atom is 0.167 e. The summed E-state index contributed by atoms with van der Waals surface area (Å²) in [5.74, 6) is 0.154. The molecule has 1 heterocycles. The van der Waals surface area contributed by atoms with Crippen molar-refractivity contribution in [2.75, 3.05) is 0 Å². The van der Waals surface area contributed by atoms with E-state index in [2.05, 4.69) is 17.5 Å². The van der Waals surface area contributed by atoms with Crippen molar-refractivity contribution in [1.82, 2.24) is 5.32 Å². The van der Waals surface area contributed by atoms with Crippen LogP contribution in [-0.4, -0.2) is 17.1 Å². The smallest absolute Gasteiger partial charge is 0.167 e. The van der Waals surface area contributed by atoms with Crippen LogP contribution >= 0.6 is 11.8 Å². The van der Waals surface area contributed by atoms with Gasteiger partial charge < -0.3 is 5.32 Å². The molecule has 0 spiro atoms. The van der Waals surface area contributed by atoms with Crippen molar-refractivity contribution in [1.29, 1.82) is 0 Å². The Bertz CT molecular complexity index is 354. The molecule has 74 valence electrons. The number of carbonyl (C=O) groups excluding carboxylic acids is 1. The summed E-state index contributed by atoms with van der Waals surface area (Å²) in [6.45, 7) is 3.59. The number of rotatable bonds is 1. The van der Waals surface area contributed by atoms with Crippen molar-refractivity contribution in [3.63, 3.8) is 0 Å². The number of carbonyl (C=O) groups is 1. The molecular weight excluding hydrogens is 194 g/mol. The van der Waals surface area contributed by atoms with Crippen LogP contribution in [0.15, 0.2) is 34.9 Å². The van der Waals surface area contributed by atoms with Crippen LogP contribution in [0.25, 0.3) is 0 Å². The second-order valence-electron chi connectivity index (χ2n) is 3.53. The number of Topliss-reactive ketones (excluding diaryl/α,β-unsaturated/α-hetero) is 1. The maximum absolute atomic E-state index is 11.3. The summed E-state index contributed by atoms with van der Waals surface area (Å²) < 4.78 is 0. The van der Waals surface area contributed by atoms with E-state index in [0.29, 0.717) is 11.3 Å². The van der Waals surface area contributed by atoms with Crippen LogP contribution in [0.2, 0.25) is 0 Å². The van der Waals surface area contributed by atoms with Crippen LogP contribution in [0.1, 0.15) is 13.8 Å². The van der Waals surface area contributed by atoms with Gasteiger partial charge >= 0.3 is 0 Å². The van der Waals surface area contributed by atoms with Gasteiger partial charge in [0.25, 0.3) is 0 Å². The zero-order valence-corrected chi connectivity index (χ0v) is 9.10. The number of ketones is 1. The SMILES string of the molecule is CC(=O)C1=C(C)N[C@@H]2C=CC=C[C@H]2S1. The van der Waals surface area contributed by atoms with E-state index in [0.717, 1.165) is 10.6 Å². The Kier molecular flexibility index (Phi) is 2.50. The quantitative estimate of drug-likeness (QED) is 0.713. The molecule has 2 atom stereocenters. The number of thioether (sulfide) groups is 1. The van der Waals surface area contributed by atoms with Gasteiger partial charge in [-0.3, -0.25) is 4.79 Å². The van der Waals surface area contributed by atoms with Gasteiger partial charge in [-0.15, -0.1) is 11.8 Å². The molecule has 2 nitrogen and oxygen atoms in total. The Balaban J connectivity index is 2.27. The lowest BCUT2D eigenvalue weighted by Gasteiger charge is -2.32. The third kappa shape index (κ3) is 1.64. The normalized spacial score (nSPS) is 29.9. The summed E-state index contributed by atoms with van der Waals surface area (Å²) in [6.07, 6.45) is 8.35. The van der Waals surface area contributed by atoms with Gasteiger partial charge in [0.2, 0.25) is 0 Å². The fraction of sp³-hybridized carbons (Fsp3) is 0.364. The van der Waals surface area contributed by atoms with E-state index in [4.69, 9.17) is 0 Å². The van der Waals surface area contributed by atoms with Gasteiger partial charge in [-0.2, -0.15) is 0 Å². The molecule has 1 N–H and O–H groups in total. The zero-order chi connectivity index (χ0) is 10.1. The van der Waals surface area contributed by atoms with E-state index in [-0.39, 0.29) is 5.78 Å². The molecule has 14 heavy (non-hydrogen) atoms. The number of allylic oxidation sites excluding steroid dienone is 4. The lowest BCUT2D eigenvalue weighted by Crippen LogP contribution is -2.39. The molecule has 0 bridgehead atoms. The van der Waals surface area contributed by atoms with Crippen LogP contribution in [0.4, 0.5) is 0 Å². The molecule has 0 aromatic heterocycles. The molecule has 2 aliphatic rings. The summed E-state index contributed by atoms with van der Waals surface area (Å²) >= 11 is 1.66. The van der Waals surface area contributed by atoms with E-state index in [1.54, 1.807) is 18.7 Å². The Hall–Kier alpha value is -0.960. The van der Waals surface area contributed by atoms with E-state index in [1.165, 1.54) is 0 Å². The molecule has 3 heteroatoms. The first-order valence-corrected chi connectivity index (χ1v) is 5.56. The van der Waals surface area contributed by atoms with Crippen LogP contribution in [0, 0.1) is 0 Å². The minimum atomic E-state index is 0.154. The first kappa shape index (κ1) is 9.59. The molecule has 0 fully saturated rings. The Labute approximate surface area is 88.1 Å². The Morgan fingerprint density at radius 2 is 2.14 bits per heavy atom. The molecule has 0 radical (unpaired) electrons. The van der Waals surface area contributed by atoms with Gasteiger partial charge in [0.05, 0.1) is 16.2 Å². The van der Waals surface area contributed by atoms with E-state index < -0.39 is 0 Å². The standard InChI is InChI=1S/C11H13NOS/c1-7-11(8(2)13)14-10-6-4-3-5-9(10)12-7/h3-6,9-10,12H,1-2H3/t9-,10-/m1/s1. The topological polar surface area (TPSA) is 29.1 Å². The van der Waals surface area contributed by atoms with E-state index in [1.807, 2.05) is 19.1 Å². The van der Waals surface area contributed by atoms with Crippen molar-refractivity contribution < 1.29 is 4.79 Å². The first-order valence-electron chi connectivity index (χ1n) is 4.68. The van der Waals surface area contributed by atoms with Gasteiger partial charge in [-0.05, 0) is 13.8 Å². The van der Waals surface area contributed by atoms with Crippen molar-refractivity contribution in [3.05, 3.63) is 34.9 Å². The van der Waals surface area contributed by atoms with Crippen molar-refractivity contribution in [2.45, 2.75) is 25.1 Å². The lowest BCUT2D eigenvalue weighted by atomic mass is 10.1. The molecule has 0 saturated heterocycles. The summed E-state index contributed by atoms with van der Waals surface area (Å²) in [4.78, 5) is 12.2. The minimum absolute atomic E-state index is 0.154. The summed E-state index contributed by atoms with van der Waals surface area (Å²) in [5, 5.41) is 3.71. The summed E-state index contributed by atoms with van der Waals surface area (Å²) in [6, 6.07) is 0.341. The predicted octanol–water partition coefficient (Wildman–Crippen LogP) is 2.01. The largest absolute Gasteiger partial charge is 0.380 e. The van der Waals surface area contributed by atoms with Gasteiger partial charge in [-0.1, -0.05) is 24.3 Å². The van der Waals surface area contributed by atoms with Gasteiger partial charge in [-0.25, -0.2) is 0 Å². The van der Waals surface area contributed by atoms with E-state index >= 15 is 0 Å². The average molecular weight is 207 g/mol. The van der Waals surface area contributed by atoms with Crippen LogP contribution in [-0.2, 0) is 4.79 Å². The zero-order valence-electron chi connectivity index (χ0n) is 8.28. The predicted molar refractivity (Wildman–Crippen MR) is 60.0 cm³/mol. The average Bonchev–Trinajstić information content (AvgIpc) is 2.16. The first-order chi connectivity index (χ1) is 6.68. The van der Waals surface area contributed by atoms with Crippen molar-refractivity contribution in [2.24, 2.45) is 0 Å². The molecule has 2 rings (SSSR count). The second-order valence-corrected chi connectivity index (χ2v) is 4.72. The summed E-state index contributed by atoms with van der Waals surface area (Å²) in [5.41, 5.74) is 1.00. The Morgan fingerprint density at radius 3 is 2.86 bits per heavy atom. The van der Waals surface area contributed by atoms with Gasteiger partial charge in [0.15, 0.2) is 5.78 Å². The van der Waals surface area contributed by atoms with Crippen LogP contribution in [0.3, 0.4) is 0 Å². The minimum Gasteiger partial charge on any atom is -0.380 e. The fourth-order valence-electron chi connectivity index (χ4n) is 1.72. The Morgan fingerprint density at radius 1 is 1.43 bits per heavy atom. The molecule has 1 aliphatic carbocycles. The van der Waals surface area contributed by atoms with E-state index in [9.17, 15) is 4.79 Å². The van der Waals surface area contributed by atoms with Gasteiger partial charge in [0, 0.05) is 5.70 Å².